The molecule has 380 valence electrons. The highest BCUT2D eigenvalue weighted by molar-refractivity contribution is 4.80. The average molecular weight is 894 g/mol. The van der Waals surface area contributed by atoms with Crippen molar-refractivity contribution in [2.45, 2.75) is 335 Å². The highest BCUT2D eigenvalue weighted by Gasteiger charge is 2.31. The summed E-state index contributed by atoms with van der Waals surface area (Å²) in [6.07, 6.45) is 66.9. The van der Waals surface area contributed by atoms with Crippen molar-refractivity contribution in [1.82, 2.24) is 0 Å². The summed E-state index contributed by atoms with van der Waals surface area (Å²) in [6, 6.07) is 0. The summed E-state index contributed by atoms with van der Waals surface area (Å²) in [7, 11) is 1.83. The molecule has 0 atom stereocenters. The lowest BCUT2D eigenvalue weighted by atomic mass is 10.0. The fourth-order valence-corrected chi connectivity index (χ4v) is 9.33. The lowest BCUT2D eigenvalue weighted by Crippen LogP contribution is -2.46. The van der Waals surface area contributed by atoms with Crippen LogP contribution in [0.25, 0.3) is 0 Å². The van der Waals surface area contributed by atoms with Crippen LogP contribution in [0, 0.1) is 0 Å². The summed E-state index contributed by atoms with van der Waals surface area (Å²) in [5.74, 6) is 0. The predicted octanol–water partition coefficient (Wildman–Crippen LogP) is 20.2. The summed E-state index contributed by atoms with van der Waals surface area (Å²) in [5.41, 5.74) is -0.515. The highest BCUT2D eigenvalue weighted by Crippen LogP contribution is 2.19. The molecule has 0 fully saturated rings. The van der Waals surface area contributed by atoms with E-state index in [1.165, 1.54) is 289 Å². The molecule has 0 amide bonds. The van der Waals surface area contributed by atoms with Gasteiger partial charge in [-0.05, 0) is 19.3 Å². The quantitative estimate of drug-likeness (QED) is 0.0570. The third-order valence-electron chi connectivity index (χ3n) is 14.0. The largest absolute Gasteiger partial charge is 0.378 e. The molecule has 0 radical (unpaired) electrons. The van der Waals surface area contributed by atoms with Crippen molar-refractivity contribution in [2.75, 3.05) is 46.8 Å². The lowest BCUT2D eigenvalue weighted by molar-refractivity contribution is -0.152. The Morgan fingerprint density at radius 2 is 0.349 bits per heavy atom. The van der Waals surface area contributed by atoms with Gasteiger partial charge in [0.2, 0.25) is 0 Å². The van der Waals surface area contributed by atoms with Crippen molar-refractivity contribution in [3.63, 3.8) is 0 Å². The summed E-state index contributed by atoms with van der Waals surface area (Å²) < 4.78 is 25.1. The first kappa shape index (κ1) is 62.8. The zero-order chi connectivity index (χ0) is 45.5. The summed E-state index contributed by atoms with van der Waals surface area (Å²) in [6.45, 7) is 11.0. The molecule has 0 N–H and O–H groups in total. The minimum atomic E-state index is -0.515. The second-order valence-electron chi connectivity index (χ2n) is 20.5. The molecule has 0 heterocycles. The molecule has 0 aromatic rings. The van der Waals surface area contributed by atoms with Gasteiger partial charge in [-0.1, -0.05) is 310 Å². The number of unbranched alkanes of at least 4 members (excludes halogenated alkanes) is 45. The van der Waals surface area contributed by atoms with Gasteiger partial charge in [-0.3, -0.25) is 0 Å². The molecule has 0 aliphatic rings. The van der Waals surface area contributed by atoms with Crippen LogP contribution in [0.1, 0.15) is 329 Å². The molecule has 4 nitrogen and oxygen atoms in total. The molecule has 0 aromatic heterocycles. The van der Waals surface area contributed by atoms with E-state index < -0.39 is 5.60 Å². The zero-order valence-corrected chi connectivity index (χ0v) is 44.3. The maximum Gasteiger partial charge on any atom is 0.137 e. The van der Waals surface area contributed by atoms with Crippen LogP contribution >= 0.6 is 0 Å². The molecule has 0 aliphatic carbocycles. The van der Waals surface area contributed by atoms with Crippen LogP contribution in [0.4, 0.5) is 0 Å². The molecule has 0 unspecified atom stereocenters. The van der Waals surface area contributed by atoms with Gasteiger partial charge in [-0.25, -0.2) is 0 Å². The number of hydrogen-bond donors (Lipinski definition) is 0. The molecule has 0 aliphatic heterocycles. The maximum atomic E-state index is 6.30. The summed E-state index contributed by atoms with van der Waals surface area (Å²) in [5, 5.41) is 0. The third-order valence-corrected chi connectivity index (χ3v) is 14.0. The Labute approximate surface area is 398 Å². The fraction of sp³-hybridized carbons (Fsp3) is 1.00. The Kier molecular flexibility index (Phi) is 56.0. The van der Waals surface area contributed by atoms with E-state index in [0.29, 0.717) is 19.8 Å². The van der Waals surface area contributed by atoms with Crippen LogP contribution in [0.5, 0.6) is 0 Å². The minimum absolute atomic E-state index is 0.515. The summed E-state index contributed by atoms with van der Waals surface area (Å²) in [4.78, 5) is 0. The van der Waals surface area contributed by atoms with Crippen molar-refractivity contribution in [3.8, 4) is 0 Å². The number of ether oxygens (including phenoxy) is 4. The van der Waals surface area contributed by atoms with E-state index in [9.17, 15) is 0 Å². The van der Waals surface area contributed by atoms with Crippen LogP contribution in [-0.2, 0) is 18.9 Å². The van der Waals surface area contributed by atoms with Gasteiger partial charge in [0.15, 0.2) is 0 Å². The molecule has 0 saturated heterocycles. The first-order valence-electron chi connectivity index (χ1n) is 29.5. The minimum Gasteiger partial charge on any atom is -0.378 e. The topological polar surface area (TPSA) is 36.9 Å². The van der Waals surface area contributed by atoms with Crippen LogP contribution in [0.3, 0.4) is 0 Å². The van der Waals surface area contributed by atoms with Gasteiger partial charge in [0.1, 0.15) is 5.60 Å². The van der Waals surface area contributed by atoms with Crippen molar-refractivity contribution in [3.05, 3.63) is 0 Å². The van der Waals surface area contributed by atoms with Gasteiger partial charge in [0.05, 0.1) is 19.8 Å². The van der Waals surface area contributed by atoms with Crippen molar-refractivity contribution in [2.24, 2.45) is 0 Å². The van der Waals surface area contributed by atoms with Gasteiger partial charge in [-0.2, -0.15) is 0 Å². The van der Waals surface area contributed by atoms with E-state index in [1.54, 1.807) is 0 Å². The van der Waals surface area contributed by atoms with Crippen molar-refractivity contribution in [1.29, 1.82) is 0 Å². The molecule has 63 heavy (non-hydrogen) atoms. The van der Waals surface area contributed by atoms with E-state index in [-0.39, 0.29) is 0 Å². The predicted molar refractivity (Wildman–Crippen MR) is 281 cm³/mol. The van der Waals surface area contributed by atoms with E-state index in [4.69, 9.17) is 18.9 Å². The normalized spacial score (nSPS) is 12.0. The first-order chi connectivity index (χ1) is 31.2. The molecule has 0 saturated carbocycles. The monoisotopic (exact) mass is 893 g/mol. The maximum absolute atomic E-state index is 6.30. The number of rotatable bonds is 58. The third kappa shape index (κ3) is 51.1. The summed E-state index contributed by atoms with van der Waals surface area (Å²) >= 11 is 0. The highest BCUT2D eigenvalue weighted by atomic mass is 16.6. The Morgan fingerprint density at radius 3 is 0.492 bits per heavy atom. The zero-order valence-electron chi connectivity index (χ0n) is 44.3. The van der Waals surface area contributed by atoms with Gasteiger partial charge in [0, 0.05) is 26.9 Å². The van der Waals surface area contributed by atoms with E-state index in [2.05, 4.69) is 20.8 Å². The van der Waals surface area contributed by atoms with Gasteiger partial charge < -0.3 is 18.9 Å². The SMILES string of the molecule is CCCCCCCCCCCCCCCCCCOCC(COCCCCCCCCCCCCCCCCCC)(COCCCCCCCCCCCCCCCCCC)OC. The Bertz CT molecular complexity index is 690. The van der Waals surface area contributed by atoms with Gasteiger partial charge in [0.25, 0.3) is 0 Å². The first-order valence-corrected chi connectivity index (χ1v) is 29.5. The molecular weight excluding hydrogens is 773 g/mol. The van der Waals surface area contributed by atoms with Gasteiger partial charge in [-0.15, -0.1) is 0 Å². The van der Waals surface area contributed by atoms with Crippen LogP contribution < -0.4 is 0 Å². The van der Waals surface area contributed by atoms with Crippen molar-refractivity contribution >= 4 is 0 Å². The van der Waals surface area contributed by atoms with Gasteiger partial charge >= 0.3 is 0 Å². The van der Waals surface area contributed by atoms with Crippen LogP contribution in [-0.4, -0.2) is 52.4 Å². The lowest BCUT2D eigenvalue weighted by Gasteiger charge is -2.32. The molecule has 0 rings (SSSR count). The van der Waals surface area contributed by atoms with Crippen LogP contribution in [0.2, 0.25) is 0 Å². The molecule has 0 spiro atoms. The second-order valence-corrected chi connectivity index (χ2v) is 20.5. The molecular formula is C59H120O4. The smallest absolute Gasteiger partial charge is 0.137 e. The number of hydrogen-bond acceptors (Lipinski definition) is 4. The van der Waals surface area contributed by atoms with Crippen molar-refractivity contribution < 1.29 is 18.9 Å². The molecule has 4 heteroatoms. The van der Waals surface area contributed by atoms with Crippen LogP contribution in [0.15, 0.2) is 0 Å². The second kappa shape index (κ2) is 56.2. The average Bonchev–Trinajstić information content (AvgIpc) is 3.30. The Balaban J connectivity index is 4.19. The number of methoxy groups -OCH3 is 1. The Morgan fingerprint density at radius 1 is 0.206 bits per heavy atom. The fourth-order valence-electron chi connectivity index (χ4n) is 9.33. The standard InChI is InChI=1S/C59H120O4/c1-5-8-11-14-17-20-23-26-29-32-35-38-41-44-47-50-53-61-56-59(60-4,57-62-54-51-48-45-42-39-36-33-30-27-24-21-18-15-12-9-6-2)58-63-55-52-49-46-43-40-37-34-31-28-25-22-19-16-13-10-7-3/h5-58H2,1-4H3. The van der Waals surface area contributed by atoms with E-state index >= 15 is 0 Å². The molecule has 0 bridgehead atoms. The van der Waals surface area contributed by atoms with E-state index in [1.807, 2.05) is 7.11 Å². The van der Waals surface area contributed by atoms with E-state index in [0.717, 1.165) is 39.1 Å². The Hall–Kier alpha value is -0.160. The molecule has 0 aromatic carbocycles.